The molecule has 4 aliphatic heterocycles. The lowest BCUT2D eigenvalue weighted by molar-refractivity contribution is -0.180. The molecular weight excluding hydrogens is 506 g/mol. The zero-order valence-electron chi connectivity index (χ0n) is 22.5. The molecule has 2 saturated heterocycles. The summed E-state index contributed by atoms with van der Waals surface area (Å²) in [7, 11) is 5.01. The van der Waals surface area contributed by atoms with Crippen LogP contribution >= 0.6 is 0 Å². The Morgan fingerprint density at radius 3 is 2.64 bits per heavy atom. The third kappa shape index (κ3) is 3.62. The standard InChI is InChI=1S/C28H31N3O8/c1-13-6-15-7-17-18(9-29)31-19(23(30(17)3)21(15)24(32)25(13)35-5)10-36-28(33)22(31)16-8-20(37-11-34-4)14(2)26-27(16)39-12-38-26/h6,8,17-19,22-23,32H,7,10-12H2,1-5H3. The summed E-state index contributed by atoms with van der Waals surface area (Å²) in [6.45, 7) is 3.80. The average molecular weight is 538 g/mol. The summed E-state index contributed by atoms with van der Waals surface area (Å²) in [5.74, 6) is 1.41. The van der Waals surface area contributed by atoms with E-state index in [1.165, 1.54) is 14.2 Å². The van der Waals surface area contributed by atoms with Gasteiger partial charge in [0.2, 0.25) is 6.79 Å². The maximum absolute atomic E-state index is 13.6. The number of phenols is 1. The van der Waals surface area contributed by atoms with Crippen LogP contribution < -0.4 is 18.9 Å². The quantitative estimate of drug-likeness (QED) is 0.447. The molecule has 5 unspecified atom stereocenters. The predicted octanol–water partition coefficient (Wildman–Crippen LogP) is 2.50. The third-order valence-electron chi connectivity index (χ3n) is 8.44. The van der Waals surface area contributed by atoms with Crippen LogP contribution in [0.25, 0.3) is 0 Å². The van der Waals surface area contributed by atoms with E-state index in [0.29, 0.717) is 35.0 Å². The number of cyclic esters (lactones) is 1. The topological polar surface area (TPSA) is 123 Å². The van der Waals surface area contributed by atoms with Crippen LogP contribution in [0.2, 0.25) is 0 Å². The Bertz CT molecular complexity index is 1390. The van der Waals surface area contributed by atoms with Gasteiger partial charge in [-0.3, -0.25) is 9.80 Å². The van der Waals surface area contributed by atoms with Crippen molar-refractivity contribution in [3.63, 3.8) is 0 Å². The molecule has 2 fully saturated rings. The van der Waals surface area contributed by atoms with Crippen molar-refractivity contribution in [3.05, 3.63) is 39.9 Å². The second kappa shape index (κ2) is 9.48. The number of carbonyl (C=O) groups is 1. The number of likely N-dealkylation sites (N-methyl/N-ethyl adjacent to an activating group) is 1. The number of hydrogen-bond donors (Lipinski definition) is 1. The zero-order valence-corrected chi connectivity index (χ0v) is 22.5. The Hall–Kier alpha value is -3.72. The summed E-state index contributed by atoms with van der Waals surface area (Å²) in [4.78, 5) is 17.6. The van der Waals surface area contributed by atoms with E-state index >= 15 is 0 Å². The van der Waals surface area contributed by atoms with Gasteiger partial charge in [0.25, 0.3) is 0 Å². The minimum atomic E-state index is -0.955. The molecule has 5 atom stereocenters. The molecule has 0 spiro atoms. The minimum absolute atomic E-state index is 0.00182. The molecule has 11 nitrogen and oxygen atoms in total. The molecule has 4 aliphatic rings. The monoisotopic (exact) mass is 537 g/mol. The van der Waals surface area contributed by atoms with Gasteiger partial charge in [0.1, 0.15) is 24.4 Å². The van der Waals surface area contributed by atoms with Crippen molar-refractivity contribution in [3.8, 4) is 34.8 Å². The van der Waals surface area contributed by atoms with Crippen LogP contribution in [0.1, 0.15) is 39.9 Å². The van der Waals surface area contributed by atoms with Crippen molar-refractivity contribution in [1.82, 2.24) is 9.80 Å². The first-order valence-electron chi connectivity index (χ1n) is 12.8. The Labute approximate surface area is 226 Å². The van der Waals surface area contributed by atoms with Gasteiger partial charge >= 0.3 is 5.97 Å². The number of morpholine rings is 1. The maximum atomic E-state index is 13.6. The van der Waals surface area contributed by atoms with E-state index in [2.05, 4.69) is 11.0 Å². The minimum Gasteiger partial charge on any atom is -0.504 e. The van der Waals surface area contributed by atoms with Gasteiger partial charge in [0.15, 0.2) is 29.8 Å². The first kappa shape index (κ1) is 25.6. The van der Waals surface area contributed by atoms with Crippen LogP contribution in [0.4, 0.5) is 0 Å². The highest BCUT2D eigenvalue weighted by atomic mass is 16.7. The van der Waals surface area contributed by atoms with Crippen LogP contribution in [0.15, 0.2) is 12.1 Å². The van der Waals surface area contributed by atoms with Crippen molar-refractivity contribution in [2.75, 3.05) is 41.5 Å². The van der Waals surface area contributed by atoms with Crippen molar-refractivity contribution in [2.45, 2.75) is 50.5 Å². The van der Waals surface area contributed by atoms with E-state index < -0.39 is 24.1 Å². The molecule has 0 aliphatic carbocycles. The lowest BCUT2D eigenvalue weighted by Crippen LogP contribution is -2.70. The molecule has 0 aromatic heterocycles. The average Bonchev–Trinajstić information content (AvgIpc) is 3.41. The molecule has 11 heteroatoms. The molecule has 2 aromatic rings. The summed E-state index contributed by atoms with van der Waals surface area (Å²) in [5.41, 5.74) is 3.75. The molecule has 2 bridgehead atoms. The Balaban J connectivity index is 1.53. The van der Waals surface area contributed by atoms with Gasteiger partial charge in [-0.2, -0.15) is 5.26 Å². The molecule has 0 amide bonds. The van der Waals surface area contributed by atoms with Crippen molar-refractivity contribution >= 4 is 5.97 Å². The fourth-order valence-corrected chi connectivity index (χ4v) is 6.78. The highest BCUT2D eigenvalue weighted by Crippen LogP contribution is 2.54. The van der Waals surface area contributed by atoms with Gasteiger partial charge in [-0.25, -0.2) is 4.79 Å². The predicted molar refractivity (Wildman–Crippen MR) is 136 cm³/mol. The molecule has 39 heavy (non-hydrogen) atoms. The number of esters is 1. The van der Waals surface area contributed by atoms with Gasteiger partial charge in [-0.05, 0) is 44.5 Å². The highest BCUT2D eigenvalue weighted by Gasteiger charge is 2.58. The number of aryl methyl sites for hydroxylation is 1. The van der Waals surface area contributed by atoms with Crippen LogP contribution in [0.5, 0.6) is 28.7 Å². The molecular formula is C28H31N3O8. The number of aromatic hydroxyl groups is 1. The van der Waals surface area contributed by atoms with Crippen LogP contribution in [0, 0.1) is 25.2 Å². The number of hydrogen-bond acceptors (Lipinski definition) is 11. The van der Waals surface area contributed by atoms with Gasteiger partial charge in [0, 0.05) is 29.8 Å². The molecule has 2 aromatic carbocycles. The second-order valence-electron chi connectivity index (χ2n) is 10.4. The van der Waals surface area contributed by atoms with Crippen LogP contribution in [-0.4, -0.2) is 80.5 Å². The summed E-state index contributed by atoms with van der Waals surface area (Å²) in [5, 5.41) is 21.9. The summed E-state index contributed by atoms with van der Waals surface area (Å²) in [6.07, 6.45) is 0.526. The van der Waals surface area contributed by atoms with E-state index in [0.717, 1.165) is 22.3 Å². The fraction of sp³-hybridized carbons (Fsp3) is 0.500. The number of nitriles is 1. The number of ether oxygens (including phenoxy) is 6. The van der Waals surface area contributed by atoms with Crippen LogP contribution in [0.3, 0.4) is 0 Å². The maximum Gasteiger partial charge on any atom is 0.328 e. The molecule has 0 saturated carbocycles. The highest BCUT2D eigenvalue weighted by molar-refractivity contribution is 5.81. The number of nitrogens with zero attached hydrogens (tertiary/aromatic N) is 3. The number of rotatable bonds is 5. The fourth-order valence-electron chi connectivity index (χ4n) is 6.78. The number of benzene rings is 2. The van der Waals surface area contributed by atoms with Crippen molar-refractivity contribution in [1.29, 1.82) is 5.26 Å². The van der Waals surface area contributed by atoms with Gasteiger partial charge in [-0.15, -0.1) is 0 Å². The number of phenolic OH excluding ortho intramolecular Hbond substituents is 1. The number of carbonyl (C=O) groups excluding carboxylic acids is 1. The zero-order chi connectivity index (χ0) is 27.6. The summed E-state index contributed by atoms with van der Waals surface area (Å²) < 4.78 is 33.9. The Morgan fingerprint density at radius 1 is 1.15 bits per heavy atom. The first-order valence-corrected chi connectivity index (χ1v) is 12.8. The lowest BCUT2D eigenvalue weighted by atomic mass is 9.75. The summed E-state index contributed by atoms with van der Waals surface area (Å²) in [6, 6.07) is 3.64. The van der Waals surface area contributed by atoms with E-state index in [-0.39, 0.29) is 38.0 Å². The first-order chi connectivity index (χ1) is 18.8. The summed E-state index contributed by atoms with van der Waals surface area (Å²) >= 11 is 0. The van der Waals surface area contributed by atoms with E-state index in [1.54, 1.807) is 6.07 Å². The number of fused-ring (bicyclic) bond motifs is 7. The molecule has 1 N–H and O–H groups in total. The molecule has 0 radical (unpaired) electrons. The number of methoxy groups -OCH3 is 2. The SMILES string of the molecule is COCOc1cc(C2C(=O)OCC3C4c5c(cc(C)c(OC)c5O)CC(C(C#N)N23)N4C)c2c(c1C)OCO2. The van der Waals surface area contributed by atoms with E-state index in [4.69, 9.17) is 28.4 Å². The molecule has 206 valence electrons. The normalized spacial score (nSPS) is 27.3. The largest absolute Gasteiger partial charge is 0.504 e. The van der Waals surface area contributed by atoms with Crippen molar-refractivity contribution in [2.24, 2.45) is 0 Å². The van der Waals surface area contributed by atoms with Crippen LogP contribution in [-0.2, 0) is 20.7 Å². The smallest absolute Gasteiger partial charge is 0.328 e. The third-order valence-corrected chi connectivity index (χ3v) is 8.44. The molecule has 6 rings (SSSR count). The van der Waals surface area contributed by atoms with Gasteiger partial charge in [0.05, 0.1) is 25.3 Å². The second-order valence-corrected chi connectivity index (χ2v) is 10.4. The molecule has 4 heterocycles. The van der Waals surface area contributed by atoms with Gasteiger partial charge < -0.3 is 33.5 Å². The number of piperazine rings is 1. The lowest BCUT2D eigenvalue weighted by Gasteiger charge is -2.58. The van der Waals surface area contributed by atoms with E-state index in [1.807, 2.05) is 31.9 Å². The Morgan fingerprint density at radius 2 is 1.92 bits per heavy atom. The Kier molecular flexibility index (Phi) is 6.21. The van der Waals surface area contributed by atoms with Gasteiger partial charge in [-0.1, -0.05) is 6.07 Å². The van der Waals surface area contributed by atoms with Crippen molar-refractivity contribution < 1.29 is 38.3 Å². The van der Waals surface area contributed by atoms with E-state index in [9.17, 15) is 15.2 Å².